The average Bonchev–Trinajstić information content (AvgIpc) is 2.70. The predicted octanol–water partition coefficient (Wildman–Crippen LogP) is 0.722. The van der Waals surface area contributed by atoms with Crippen molar-refractivity contribution in [3.8, 4) is 0 Å². The molecule has 0 aromatic rings. The molecule has 1 aliphatic carbocycles. The van der Waals surface area contributed by atoms with Crippen LogP contribution in [-0.4, -0.2) is 25.2 Å². The topological polar surface area (TPSA) is 38.3 Å². The van der Waals surface area contributed by atoms with Gasteiger partial charge in [0.1, 0.15) is 6.04 Å². The summed E-state index contributed by atoms with van der Waals surface area (Å²) < 4.78 is 4.54. The second-order valence-electron chi connectivity index (χ2n) is 2.69. The molecular formula is C7H14ClNO2. The number of hydrogen-bond acceptors (Lipinski definition) is 3. The van der Waals surface area contributed by atoms with Gasteiger partial charge in [-0.2, -0.15) is 0 Å². The van der Waals surface area contributed by atoms with Crippen LogP contribution in [0, 0.1) is 0 Å². The van der Waals surface area contributed by atoms with Crippen molar-refractivity contribution in [1.82, 2.24) is 5.32 Å². The van der Waals surface area contributed by atoms with Gasteiger partial charge in [-0.25, -0.2) is 0 Å². The lowest BCUT2D eigenvalue weighted by Crippen LogP contribution is -2.36. The van der Waals surface area contributed by atoms with Gasteiger partial charge < -0.3 is 10.1 Å². The van der Waals surface area contributed by atoms with E-state index >= 15 is 0 Å². The average molecular weight is 180 g/mol. The van der Waals surface area contributed by atoms with Crippen molar-refractivity contribution in [1.29, 1.82) is 0 Å². The zero-order chi connectivity index (χ0) is 7.56. The van der Waals surface area contributed by atoms with Crippen molar-refractivity contribution >= 4 is 18.4 Å². The molecule has 11 heavy (non-hydrogen) atoms. The maximum atomic E-state index is 10.8. The number of methoxy groups -OCH3 is 1. The van der Waals surface area contributed by atoms with Crippen LogP contribution in [0.2, 0.25) is 0 Å². The third kappa shape index (κ3) is 3.58. The fourth-order valence-electron chi connectivity index (χ4n) is 0.848. The summed E-state index contributed by atoms with van der Waals surface area (Å²) in [6.07, 6.45) is 2.39. The summed E-state index contributed by atoms with van der Waals surface area (Å²) >= 11 is 0. The fraction of sp³-hybridized carbons (Fsp3) is 0.857. The Morgan fingerprint density at radius 3 is 2.55 bits per heavy atom. The van der Waals surface area contributed by atoms with E-state index in [2.05, 4.69) is 10.1 Å². The van der Waals surface area contributed by atoms with Crippen LogP contribution in [0.4, 0.5) is 0 Å². The van der Waals surface area contributed by atoms with E-state index in [9.17, 15) is 4.79 Å². The monoisotopic (exact) mass is 179 g/mol. The molecule has 1 fully saturated rings. The van der Waals surface area contributed by atoms with Crippen LogP contribution in [0.15, 0.2) is 0 Å². The Morgan fingerprint density at radius 1 is 1.64 bits per heavy atom. The molecule has 0 heterocycles. The van der Waals surface area contributed by atoms with Gasteiger partial charge in [0, 0.05) is 6.04 Å². The zero-order valence-electron chi connectivity index (χ0n) is 6.79. The van der Waals surface area contributed by atoms with Crippen LogP contribution < -0.4 is 5.32 Å². The lowest BCUT2D eigenvalue weighted by Gasteiger charge is -2.09. The molecule has 0 spiro atoms. The highest BCUT2D eigenvalue weighted by atomic mass is 35.5. The molecule has 4 heteroatoms. The third-order valence-corrected chi connectivity index (χ3v) is 1.62. The predicted molar refractivity (Wildman–Crippen MR) is 44.9 cm³/mol. The normalized spacial score (nSPS) is 18.4. The van der Waals surface area contributed by atoms with Crippen LogP contribution in [0.3, 0.4) is 0 Å². The van der Waals surface area contributed by atoms with E-state index in [1.54, 1.807) is 0 Å². The SMILES string of the molecule is COC(=O)C(C)NC1CC1.Cl. The lowest BCUT2D eigenvalue weighted by molar-refractivity contribution is -0.142. The number of esters is 1. The minimum Gasteiger partial charge on any atom is -0.468 e. The lowest BCUT2D eigenvalue weighted by atomic mass is 10.3. The summed E-state index contributed by atoms with van der Waals surface area (Å²) in [6.45, 7) is 1.82. The zero-order valence-corrected chi connectivity index (χ0v) is 7.61. The van der Waals surface area contributed by atoms with Crippen molar-refractivity contribution in [3.05, 3.63) is 0 Å². The van der Waals surface area contributed by atoms with E-state index in [4.69, 9.17) is 0 Å². The molecule has 66 valence electrons. The minimum atomic E-state index is -0.174. The Hall–Kier alpha value is -0.280. The molecule has 0 aliphatic heterocycles. The Bertz CT molecular complexity index is 136. The number of carbonyl (C=O) groups excluding carboxylic acids is 1. The van der Waals surface area contributed by atoms with Crippen LogP contribution in [0.5, 0.6) is 0 Å². The van der Waals surface area contributed by atoms with Crippen LogP contribution in [0.25, 0.3) is 0 Å². The second-order valence-corrected chi connectivity index (χ2v) is 2.69. The fourth-order valence-corrected chi connectivity index (χ4v) is 0.848. The molecule has 1 unspecified atom stereocenters. The number of ether oxygens (including phenoxy) is 1. The molecule has 3 nitrogen and oxygen atoms in total. The van der Waals surface area contributed by atoms with Gasteiger partial charge in [0.05, 0.1) is 7.11 Å². The van der Waals surface area contributed by atoms with E-state index in [0.29, 0.717) is 6.04 Å². The van der Waals surface area contributed by atoms with Crippen LogP contribution in [-0.2, 0) is 9.53 Å². The molecule has 1 saturated carbocycles. The molecule has 1 rings (SSSR count). The van der Waals surface area contributed by atoms with Gasteiger partial charge >= 0.3 is 5.97 Å². The molecule has 1 atom stereocenters. The molecule has 0 radical (unpaired) electrons. The van der Waals surface area contributed by atoms with Crippen LogP contribution in [0.1, 0.15) is 19.8 Å². The second kappa shape index (κ2) is 4.57. The summed E-state index contributed by atoms with van der Waals surface area (Å²) in [6, 6.07) is 0.423. The first kappa shape index (κ1) is 10.7. The number of carbonyl (C=O) groups is 1. The summed E-state index contributed by atoms with van der Waals surface area (Å²) in [4.78, 5) is 10.8. The van der Waals surface area contributed by atoms with Crippen molar-refractivity contribution in [2.45, 2.75) is 31.8 Å². The van der Waals surface area contributed by atoms with Gasteiger partial charge in [-0.3, -0.25) is 4.79 Å². The van der Waals surface area contributed by atoms with E-state index in [1.807, 2.05) is 6.92 Å². The van der Waals surface area contributed by atoms with Gasteiger partial charge in [0.25, 0.3) is 0 Å². The van der Waals surface area contributed by atoms with Gasteiger partial charge in [-0.15, -0.1) is 12.4 Å². The molecular weight excluding hydrogens is 166 g/mol. The summed E-state index contributed by atoms with van der Waals surface area (Å²) in [7, 11) is 1.41. The maximum Gasteiger partial charge on any atom is 0.322 e. The Kier molecular flexibility index (Phi) is 4.45. The molecule has 0 amide bonds. The highest BCUT2D eigenvalue weighted by molar-refractivity contribution is 5.85. The standard InChI is InChI=1S/C7H13NO2.ClH/c1-5(7(9)10-2)8-6-3-4-6;/h5-6,8H,3-4H2,1-2H3;1H. The number of halogens is 1. The van der Waals surface area contributed by atoms with Crippen molar-refractivity contribution in [2.24, 2.45) is 0 Å². The van der Waals surface area contributed by atoms with Crippen molar-refractivity contribution in [3.63, 3.8) is 0 Å². The Morgan fingerprint density at radius 2 is 2.18 bits per heavy atom. The third-order valence-electron chi connectivity index (χ3n) is 1.62. The molecule has 1 aliphatic rings. The van der Waals surface area contributed by atoms with Crippen molar-refractivity contribution in [2.75, 3.05) is 7.11 Å². The van der Waals surface area contributed by atoms with Gasteiger partial charge in [0.15, 0.2) is 0 Å². The van der Waals surface area contributed by atoms with E-state index in [1.165, 1.54) is 20.0 Å². The molecule has 0 saturated heterocycles. The highest BCUT2D eigenvalue weighted by Gasteiger charge is 2.25. The molecule has 0 aromatic heterocycles. The smallest absolute Gasteiger partial charge is 0.322 e. The first-order valence-corrected chi connectivity index (χ1v) is 3.58. The number of rotatable bonds is 3. The molecule has 1 N–H and O–H groups in total. The highest BCUT2D eigenvalue weighted by Crippen LogP contribution is 2.19. The molecule has 0 bridgehead atoms. The van der Waals surface area contributed by atoms with E-state index in [0.717, 1.165) is 0 Å². The minimum absolute atomic E-state index is 0. The van der Waals surface area contributed by atoms with E-state index < -0.39 is 0 Å². The summed E-state index contributed by atoms with van der Waals surface area (Å²) in [5.41, 5.74) is 0. The summed E-state index contributed by atoms with van der Waals surface area (Å²) in [5.74, 6) is -0.174. The number of hydrogen-bond donors (Lipinski definition) is 1. The van der Waals surface area contributed by atoms with Gasteiger partial charge in [0.2, 0.25) is 0 Å². The largest absolute Gasteiger partial charge is 0.468 e. The van der Waals surface area contributed by atoms with Gasteiger partial charge in [-0.05, 0) is 19.8 Å². The Balaban J connectivity index is 0.000001000. The first-order chi connectivity index (χ1) is 4.74. The molecule has 0 aromatic carbocycles. The first-order valence-electron chi connectivity index (χ1n) is 3.58. The Labute approximate surface area is 72.9 Å². The maximum absolute atomic E-state index is 10.8. The van der Waals surface area contributed by atoms with Crippen LogP contribution >= 0.6 is 12.4 Å². The quantitative estimate of drug-likeness (QED) is 0.649. The van der Waals surface area contributed by atoms with E-state index in [-0.39, 0.29) is 24.4 Å². The summed E-state index contributed by atoms with van der Waals surface area (Å²) in [5, 5.41) is 3.13. The number of nitrogens with one attached hydrogen (secondary N) is 1. The van der Waals surface area contributed by atoms with Gasteiger partial charge in [-0.1, -0.05) is 0 Å². The van der Waals surface area contributed by atoms with Crippen molar-refractivity contribution < 1.29 is 9.53 Å².